The molecule has 3 rings (SSSR count). The van der Waals surface area contributed by atoms with E-state index in [4.69, 9.17) is 0 Å². The molecule has 1 N–H and O–H groups in total. The Morgan fingerprint density at radius 1 is 1.14 bits per heavy atom. The van der Waals surface area contributed by atoms with Gasteiger partial charge in [0.1, 0.15) is 0 Å². The van der Waals surface area contributed by atoms with Crippen molar-refractivity contribution in [3.8, 4) is 0 Å². The zero-order chi connectivity index (χ0) is 14.8. The monoisotopic (exact) mass is 287 g/mol. The fourth-order valence-corrected chi connectivity index (χ4v) is 3.57. The molecule has 1 unspecified atom stereocenters. The first kappa shape index (κ1) is 15.0. The number of aryl methyl sites for hydroxylation is 2. The van der Waals surface area contributed by atoms with E-state index in [9.17, 15) is 0 Å². The maximum Gasteiger partial charge on any atom is 0.0449 e. The summed E-state index contributed by atoms with van der Waals surface area (Å²) in [4.78, 5) is 5.31. The molecular weight excluding hydrogens is 258 g/mol. The summed E-state index contributed by atoms with van der Waals surface area (Å²) in [6, 6.07) is 8.19. The van der Waals surface area contributed by atoms with Crippen LogP contribution in [-0.2, 0) is 0 Å². The SMILES string of the molecule is CNC(CN1CCN(C2CC2)CC1)c1ccc(C)cc1C. The van der Waals surface area contributed by atoms with E-state index in [2.05, 4.69) is 54.2 Å². The third-order valence-corrected chi connectivity index (χ3v) is 5.06. The van der Waals surface area contributed by atoms with Crippen LogP contribution >= 0.6 is 0 Å². The predicted molar refractivity (Wildman–Crippen MR) is 88.8 cm³/mol. The Bertz CT molecular complexity index is 473. The topological polar surface area (TPSA) is 18.5 Å². The molecule has 1 aliphatic heterocycles. The van der Waals surface area contributed by atoms with Crippen molar-refractivity contribution in [2.24, 2.45) is 0 Å². The second-order valence-corrected chi connectivity index (χ2v) is 6.77. The highest BCUT2D eigenvalue weighted by Gasteiger charge is 2.31. The number of hydrogen-bond acceptors (Lipinski definition) is 3. The molecule has 1 aliphatic carbocycles. The number of likely N-dealkylation sites (N-methyl/N-ethyl adjacent to an activating group) is 1. The van der Waals surface area contributed by atoms with Crippen molar-refractivity contribution in [3.05, 3.63) is 34.9 Å². The van der Waals surface area contributed by atoms with Crippen LogP contribution in [0.3, 0.4) is 0 Å². The molecule has 1 atom stereocenters. The van der Waals surface area contributed by atoms with Gasteiger partial charge in [-0.25, -0.2) is 0 Å². The molecular formula is C18H29N3. The molecule has 21 heavy (non-hydrogen) atoms. The summed E-state index contributed by atoms with van der Waals surface area (Å²) in [5.41, 5.74) is 4.21. The normalized spacial score (nSPS) is 22.4. The smallest absolute Gasteiger partial charge is 0.0449 e. The molecule has 0 amide bonds. The molecule has 0 bridgehead atoms. The molecule has 1 aromatic carbocycles. The molecule has 3 heteroatoms. The highest BCUT2D eigenvalue weighted by atomic mass is 15.3. The van der Waals surface area contributed by atoms with Crippen molar-refractivity contribution in [2.45, 2.75) is 38.8 Å². The first-order valence-electron chi connectivity index (χ1n) is 8.38. The van der Waals surface area contributed by atoms with Gasteiger partial charge >= 0.3 is 0 Å². The lowest BCUT2D eigenvalue weighted by atomic mass is 9.98. The van der Waals surface area contributed by atoms with Gasteiger partial charge in [0.2, 0.25) is 0 Å². The van der Waals surface area contributed by atoms with Crippen molar-refractivity contribution in [1.82, 2.24) is 15.1 Å². The number of nitrogens with one attached hydrogen (secondary N) is 1. The van der Waals surface area contributed by atoms with E-state index in [1.807, 2.05) is 0 Å². The molecule has 0 aromatic heterocycles. The van der Waals surface area contributed by atoms with Gasteiger partial charge in [-0.15, -0.1) is 0 Å². The van der Waals surface area contributed by atoms with Gasteiger partial charge in [-0.3, -0.25) is 9.80 Å². The highest BCUT2D eigenvalue weighted by molar-refractivity contribution is 5.33. The van der Waals surface area contributed by atoms with E-state index in [1.54, 1.807) is 0 Å². The molecule has 1 saturated heterocycles. The van der Waals surface area contributed by atoms with Crippen LogP contribution in [0.15, 0.2) is 18.2 Å². The number of piperazine rings is 1. The molecule has 1 heterocycles. The van der Waals surface area contributed by atoms with E-state index >= 15 is 0 Å². The van der Waals surface area contributed by atoms with Gasteiger partial charge in [-0.2, -0.15) is 0 Å². The van der Waals surface area contributed by atoms with E-state index in [0.717, 1.165) is 12.6 Å². The Labute approximate surface area is 129 Å². The number of benzene rings is 1. The Morgan fingerprint density at radius 2 is 1.86 bits per heavy atom. The van der Waals surface area contributed by atoms with Crippen LogP contribution in [0.4, 0.5) is 0 Å². The lowest BCUT2D eigenvalue weighted by Gasteiger charge is -2.36. The number of rotatable bonds is 5. The Balaban J connectivity index is 1.59. The largest absolute Gasteiger partial charge is 0.312 e. The number of nitrogens with zero attached hydrogens (tertiary/aromatic N) is 2. The predicted octanol–water partition coefficient (Wildman–Crippen LogP) is 2.34. The zero-order valence-corrected chi connectivity index (χ0v) is 13.7. The first-order chi connectivity index (χ1) is 10.2. The van der Waals surface area contributed by atoms with Gasteiger partial charge in [0, 0.05) is 44.8 Å². The Morgan fingerprint density at radius 3 is 2.43 bits per heavy atom. The lowest BCUT2D eigenvalue weighted by Crippen LogP contribution is -2.49. The summed E-state index contributed by atoms with van der Waals surface area (Å²) in [6.45, 7) is 10.5. The average molecular weight is 287 g/mol. The van der Waals surface area contributed by atoms with Gasteiger partial charge in [0.05, 0.1) is 0 Å². The molecule has 2 fully saturated rings. The summed E-state index contributed by atoms with van der Waals surface area (Å²) >= 11 is 0. The van der Waals surface area contributed by atoms with Crippen LogP contribution in [0, 0.1) is 13.8 Å². The quantitative estimate of drug-likeness (QED) is 0.897. The molecule has 0 radical (unpaired) electrons. The zero-order valence-electron chi connectivity index (χ0n) is 13.7. The van der Waals surface area contributed by atoms with Crippen LogP contribution < -0.4 is 5.32 Å². The molecule has 116 valence electrons. The van der Waals surface area contributed by atoms with Crippen LogP contribution in [-0.4, -0.2) is 55.6 Å². The summed E-state index contributed by atoms with van der Waals surface area (Å²) in [5, 5.41) is 3.52. The maximum absolute atomic E-state index is 3.52. The lowest BCUT2D eigenvalue weighted by molar-refractivity contribution is 0.118. The maximum atomic E-state index is 3.52. The Kier molecular flexibility index (Phi) is 4.63. The Hall–Kier alpha value is -0.900. The highest BCUT2D eigenvalue weighted by Crippen LogP contribution is 2.28. The average Bonchev–Trinajstić information content (AvgIpc) is 3.31. The standard InChI is InChI=1S/C18H29N3/c1-14-4-7-17(15(2)12-14)18(19-3)13-20-8-10-21(11-9-20)16-5-6-16/h4,7,12,16,18-19H,5-6,8-11,13H2,1-3H3. The summed E-state index contributed by atoms with van der Waals surface area (Å²) in [5.74, 6) is 0. The third-order valence-electron chi connectivity index (χ3n) is 5.06. The van der Waals surface area contributed by atoms with E-state index in [0.29, 0.717) is 6.04 Å². The molecule has 0 spiro atoms. The van der Waals surface area contributed by atoms with E-state index in [-0.39, 0.29) is 0 Å². The van der Waals surface area contributed by atoms with Crippen LogP contribution in [0.1, 0.15) is 35.6 Å². The van der Waals surface area contributed by atoms with Crippen molar-refractivity contribution in [3.63, 3.8) is 0 Å². The minimum absolute atomic E-state index is 0.443. The van der Waals surface area contributed by atoms with Gasteiger partial charge in [0.15, 0.2) is 0 Å². The van der Waals surface area contributed by atoms with Crippen molar-refractivity contribution < 1.29 is 0 Å². The minimum Gasteiger partial charge on any atom is -0.312 e. The third kappa shape index (κ3) is 3.65. The van der Waals surface area contributed by atoms with Crippen molar-refractivity contribution in [1.29, 1.82) is 0 Å². The fraction of sp³-hybridized carbons (Fsp3) is 0.667. The summed E-state index contributed by atoms with van der Waals surface area (Å²) in [6.07, 6.45) is 2.86. The number of hydrogen-bond donors (Lipinski definition) is 1. The molecule has 1 saturated carbocycles. The van der Waals surface area contributed by atoms with Gasteiger partial charge < -0.3 is 5.32 Å². The van der Waals surface area contributed by atoms with Gasteiger partial charge in [0.25, 0.3) is 0 Å². The van der Waals surface area contributed by atoms with Gasteiger partial charge in [-0.1, -0.05) is 23.8 Å². The fourth-order valence-electron chi connectivity index (χ4n) is 3.57. The van der Waals surface area contributed by atoms with Crippen LogP contribution in [0.2, 0.25) is 0 Å². The van der Waals surface area contributed by atoms with Crippen LogP contribution in [0.25, 0.3) is 0 Å². The van der Waals surface area contributed by atoms with Gasteiger partial charge in [-0.05, 0) is 44.9 Å². The van der Waals surface area contributed by atoms with Crippen molar-refractivity contribution in [2.75, 3.05) is 39.8 Å². The minimum atomic E-state index is 0.443. The van der Waals surface area contributed by atoms with E-state index < -0.39 is 0 Å². The molecule has 3 nitrogen and oxygen atoms in total. The van der Waals surface area contributed by atoms with Crippen LogP contribution in [0.5, 0.6) is 0 Å². The first-order valence-corrected chi connectivity index (χ1v) is 8.38. The molecule has 1 aromatic rings. The summed E-state index contributed by atoms with van der Waals surface area (Å²) in [7, 11) is 2.09. The second kappa shape index (κ2) is 6.47. The second-order valence-electron chi connectivity index (χ2n) is 6.77. The molecule has 2 aliphatic rings. The summed E-state index contributed by atoms with van der Waals surface area (Å²) < 4.78 is 0. The van der Waals surface area contributed by atoms with Crippen molar-refractivity contribution >= 4 is 0 Å². The van der Waals surface area contributed by atoms with E-state index in [1.165, 1.54) is 55.7 Å².